The fourth-order valence-corrected chi connectivity index (χ4v) is 21.2. The van der Waals surface area contributed by atoms with E-state index in [4.69, 9.17) is 0 Å². The molecule has 0 saturated carbocycles. The molecule has 28 heavy (non-hydrogen) atoms. The van der Waals surface area contributed by atoms with Crippen molar-refractivity contribution in [1.82, 2.24) is 0 Å². The van der Waals surface area contributed by atoms with Gasteiger partial charge in [-0.05, 0) is 0 Å². The Hall–Kier alpha value is -2.26. The summed E-state index contributed by atoms with van der Waals surface area (Å²) in [6.45, 7) is 0.946. The molecular weight excluding hydrogens is 374 g/mol. The summed E-state index contributed by atoms with van der Waals surface area (Å²) in [6.07, 6.45) is 0. The van der Waals surface area contributed by atoms with E-state index in [1.807, 2.05) is 0 Å². The topological polar surface area (TPSA) is 0 Å². The first-order valence-corrected chi connectivity index (χ1v) is 15.9. The maximum absolute atomic E-state index is 2.57. The third-order valence-electron chi connectivity index (χ3n) is 6.05. The van der Waals surface area contributed by atoms with E-state index in [1.165, 1.54) is 21.2 Å². The van der Waals surface area contributed by atoms with Gasteiger partial charge in [-0.25, -0.2) is 0 Å². The van der Waals surface area contributed by atoms with Crippen molar-refractivity contribution in [1.29, 1.82) is 0 Å². The average molecular weight is 402 g/mol. The number of rotatable bonds is 5. The molecule has 0 aromatic heterocycles. The molecule has 0 N–H and O–H groups in total. The Balaban J connectivity index is 2.14. The van der Waals surface area contributed by atoms with E-state index in [2.05, 4.69) is 135 Å². The Labute approximate surface area is 169 Å². The van der Waals surface area contributed by atoms with Gasteiger partial charge in [-0.2, -0.15) is 0 Å². The summed E-state index contributed by atoms with van der Waals surface area (Å²) in [5.41, 5.74) is 0. The second-order valence-corrected chi connectivity index (χ2v) is 20.9. The van der Waals surface area contributed by atoms with Crippen LogP contribution in [-0.2, 0) is 0 Å². The normalized spacial score (nSPS) is 13.1. The summed E-state index contributed by atoms with van der Waals surface area (Å²) in [7, 11) is 0. The van der Waals surface area contributed by atoms with Crippen LogP contribution in [0.15, 0.2) is 121 Å². The molecule has 0 radical (unpaired) electrons. The van der Waals surface area contributed by atoms with E-state index in [0.717, 1.165) is 0 Å². The molecule has 2 heteroatoms. The molecular formula is C26H28P2. The molecule has 4 aromatic rings. The number of hydrogen-bond acceptors (Lipinski definition) is 0. The maximum atomic E-state index is 2.57. The van der Waals surface area contributed by atoms with E-state index in [9.17, 15) is 0 Å². The SMILES string of the molecule is C[PH](C)(c1ccccc1)[PH](c1ccccc1)(c1ccccc1)c1ccccc1. The minimum absolute atomic E-state index is 1.51. The molecule has 0 amide bonds. The molecule has 0 spiro atoms. The van der Waals surface area contributed by atoms with Crippen LogP contribution in [0.3, 0.4) is 0 Å². The predicted molar refractivity (Wildman–Crippen MR) is 133 cm³/mol. The van der Waals surface area contributed by atoms with E-state index in [0.29, 0.717) is 0 Å². The van der Waals surface area contributed by atoms with Gasteiger partial charge in [-0.15, -0.1) is 0 Å². The van der Waals surface area contributed by atoms with Gasteiger partial charge in [0.25, 0.3) is 0 Å². The van der Waals surface area contributed by atoms with Crippen molar-refractivity contribution in [3.05, 3.63) is 121 Å². The average Bonchev–Trinajstić information content (AvgIpc) is 2.77. The van der Waals surface area contributed by atoms with Crippen molar-refractivity contribution in [3.63, 3.8) is 0 Å². The van der Waals surface area contributed by atoms with Gasteiger partial charge in [0.2, 0.25) is 0 Å². The van der Waals surface area contributed by atoms with Crippen LogP contribution in [0.25, 0.3) is 0 Å². The molecule has 0 aliphatic rings. The summed E-state index contributed by atoms with van der Waals surface area (Å²) >= 11 is 0. The first kappa shape index (κ1) is 19.1. The first-order valence-electron chi connectivity index (χ1n) is 9.89. The van der Waals surface area contributed by atoms with Crippen LogP contribution in [0.1, 0.15) is 0 Å². The van der Waals surface area contributed by atoms with Crippen LogP contribution in [0.2, 0.25) is 0 Å². The van der Waals surface area contributed by atoms with E-state index < -0.39 is 13.9 Å². The second kappa shape index (κ2) is 8.00. The monoisotopic (exact) mass is 402 g/mol. The van der Waals surface area contributed by atoms with Crippen LogP contribution in [0.5, 0.6) is 0 Å². The zero-order valence-corrected chi connectivity index (χ0v) is 18.5. The van der Waals surface area contributed by atoms with Crippen molar-refractivity contribution in [2.75, 3.05) is 13.3 Å². The molecule has 0 unspecified atom stereocenters. The van der Waals surface area contributed by atoms with Gasteiger partial charge in [0.15, 0.2) is 0 Å². The van der Waals surface area contributed by atoms with Gasteiger partial charge < -0.3 is 0 Å². The quantitative estimate of drug-likeness (QED) is 0.414. The Kier molecular flexibility index (Phi) is 5.45. The summed E-state index contributed by atoms with van der Waals surface area (Å²) in [4.78, 5) is 0. The standard InChI is InChI=1S/C26H28P2/c1-27(2,23-15-7-3-8-16-23)28(24-17-9-4-10-18-24,25-19-11-5-12-20-25)26-21-13-6-14-22-26/h3-22,27-28H,1-2H3. The molecule has 0 aliphatic heterocycles. The molecule has 0 heterocycles. The van der Waals surface area contributed by atoms with Gasteiger partial charge in [0.1, 0.15) is 0 Å². The molecule has 0 nitrogen and oxygen atoms in total. The van der Waals surface area contributed by atoms with Crippen molar-refractivity contribution < 1.29 is 0 Å². The Bertz CT molecular complexity index is 914. The Morgan fingerprint density at radius 2 is 0.607 bits per heavy atom. The molecule has 4 rings (SSSR count). The van der Waals surface area contributed by atoms with E-state index >= 15 is 0 Å². The van der Waals surface area contributed by atoms with Gasteiger partial charge in [-0.3, -0.25) is 0 Å². The van der Waals surface area contributed by atoms with Gasteiger partial charge in [-0.1, -0.05) is 0 Å². The molecule has 0 bridgehead atoms. The van der Waals surface area contributed by atoms with Gasteiger partial charge in [0, 0.05) is 0 Å². The number of benzene rings is 4. The third-order valence-corrected chi connectivity index (χ3v) is 22.4. The van der Waals surface area contributed by atoms with Crippen molar-refractivity contribution in [2.24, 2.45) is 0 Å². The summed E-state index contributed by atoms with van der Waals surface area (Å²) in [6, 6.07) is 45.1. The van der Waals surface area contributed by atoms with Crippen LogP contribution >= 0.6 is 13.9 Å². The summed E-state index contributed by atoms with van der Waals surface area (Å²) in [5, 5.41) is 6.05. The zero-order valence-electron chi connectivity index (χ0n) is 16.5. The van der Waals surface area contributed by atoms with E-state index in [1.54, 1.807) is 0 Å². The van der Waals surface area contributed by atoms with Crippen molar-refractivity contribution in [2.45, 2.75) is 0 Å². The molecule has 0 fully saturated rings. The second-order valence-electron chi connectivity index (χ2n) is 7.84. The fourth-order valence-electron chi connectivity index (χ4n) is 4.72. The van der Waals surface area contributed by atoms with Crippen molar-refractivity contribution >= 4 is 35.1 Å². The van der Waals surface area contributed by atoms with Crippen LogP contribution in [0, 0.1) is 0 Å². The van der Waals surface area contributed by atoms with Gasteiger partial charge >= 0.3 is 170 Å². The third kappa shape index (κ3) is 3.12. The van der Waals surface area contributed by atoms with Crippen LogP contribution < -0.4 is 21.2 Å². The van der Waals surface area contributed by atoms with Gasteiger partial charge in [0.05, 0.1) is 0 Å². The number of hydrogen-bond donors (Lipinski definition) is 0. The Morgan fingerprint density at radius 1 is 0.357 bits per heavy atom. The first-order chi connectivity index (χ1) is 13.7. The Morgan fingerprint density at radius 3 is 0.893 bits per heavy atom. The zero-order chi connectivity index (χ0) is 19.5. The molecule has 142 valence electrons. The van der Waals surface area contributed by atoms with Crippen molar-refractivity contribution in [3.8, 4) is 0 Å². The summed E-state index contributed by atoms with van der Waals surface area (Å²) < 4.78 is 0. The minimum atomic E-state index is -2.25. The summed E-state index contributed by atoms with van der Waals surface area (Å²) in [5.74, 6) is 0. The van der Waals surface area contributed by atoms with E-state index in [-0.39, 0.29) is 0 Å². The molecule has 0 aliphatic carbocycles. The molecule has 4 aromatic carbocycles. The predicted octanol–water partition coefficient (Wildman–Crippen LogP) is 4.96. The molecule has 0 atom stereocenters. The van der Waals surface area contributed by atoms with Crippen LogP contribution in [-0.4, -0.2) is 13.3 Å². The molecule has 0 saturated heterocycles. The fraction of sp³-hybridized carbons (Fsp3) is 0.0769. The van der Waals surface area contributed by atoms with Crippen LogP contribution in [0.4, 0.5) is 0 Å².